The number of nitrogens with zero attached hydrogens (tertiary/aromatic N) is 4. The summed E-state index contributed by atoms with van der Waals surface area (Å²) in [7, 11) is 3.43. The molecule has 8 nitrogen and oxygen atoms in total. The maximum Gasteiger partial charge on any atom is 0.233 e. The molecule has 0 radical (unpaired) electrons. The minimum Gasteiger partial charge on any atom is -0.358 e. The van der Waals surface area contributed by atoms with Crippen molar-refractivity contribution in [2.75, 3.05) is 40.3 Å². The van der Waals surface area contributed by atoms with Gasteiger partial charge in [0.2, 0.25) is 5.91 Å². The van der Waals surface area contributed by atoms with Crippen LogP contribution >= 0.6 is 0 Å². The monoisotopic (exact) mass is 415 g/mol. The fourth-order valence-corrected chi connectivity index (χ4v) is 3.45. The first-order valence-corrected chi connectivity index (χ1v) is 10.3. The molecule has 0 bridgehead atoms. The van der Waals surface area contributed by atoms with Gasteiger partial charge in [-0.25, -0.2) is 9.07 Å². The molecule has 30 heavy (non-hydrogen) atoms. The van der Waals surface area contributed by atoms with Crippen LogP contribution in [0.15, 0.2) is 41.5 Å². The molecule has 1 aliphatic heterocycles. The summed E-state index contributed by atoms with van der Waals surface area (Å²) in [5.41, 5.74) is 1.78. The highest BCUT2D eigenvalue weighted by molar-refractivity contribution is 5.80. The van der Waals surface area contributed by atoms with Gasteiger partial charge >= 0.3 is 0 Å². The third-order valence-corrected chi connectivity index (χ3v) is 5.21. The van der Waals surface area contributed by atoms with Crippen molar-refractivity contribution >= 4 is 11.9 Å². The predicted molar refractivity (Wildman–Crippen MR) is 115 cm³/mol. The SMILES string of the molecule is CN=C(NCCc1ccn(-c2ccc(F)cc2)n1)NC1CCN(CC(=O)NC)CC1. The average molecular weight is 416 g/mol. The van der Waals surface area contributed by atoms with Gasteiger partial charge in [0.1, 0.15) is 5.82 Å². The number of likely N-dealkylation sites (tertiary alicyclic amines) is 1. The molecule has 1 aromatic carbocycles. The summed E-state index contributed by atoms with van der Waals surface area (Å²) in [6, 6.07) is 8.57. The molecule has 1 aliphatic rings. The Labute approximate surface area is 176 Å². The van der Waals surface area contributed by atoms with E-state index in [2.05, 4.69) is 30.9 Å². The lowest BCUT2D eigenvalue weighted by molar-refractivity contribution is -0.122. The number of amides is 1. The van der Waals surface area contributed by atoms with Crippen LogP contribution in [0.4, 0.5) is 4.39 Å². The van der Waals surface area contributed by atoms with Gasteiger partial charge < -0.3 is 16.0 Å². The number of guanidine groups is 1. The Morgan fingerprint density at radius 2 is 1.97 bits per heavy atom. The molecule has 0 unspecified atom stereocenters. The minimum atomic E-state index is -0.258. The molecule has 2 heterocycles. The highest BCUT2D eigenvalue weighted by Gasteiger charge is 2.21. The lowest BCUT2D eigenvalue weighted by Crippen LogP contribution is -2.50. The second kappa shape index (κ2) is 10.7. The van der Waals surface area contributed by atoms with Gasteiger partial charge in [0, 0.05) is 52.4 Å². The van der Waals surface area contributed by atoms with E-state index in [0.29, 0.717) is 19.1 Å². The van der Waals surface area contributed by atoms with Crippen molar-refractivity contribution in [1.29, 1.82) is 0 Å². The predicted octanol–water partition coefficient (Wildman–Crippen LogP) is 0.929. The Morgan fingerprint density at radius 1 is 1.23 bits per heavy atom. The van der Waals surface area contributed by atoms with E-state index in [1.54, 1.807) is 30.9 Å². The Hall–Kier alpha value is -2.94. The lowest BCUT2D eigenvalue weighted by atomic mass is 10.1. The summed E-state index contributed by atoms with van der Waals surface area (Å²) in [4.78, 5) is 18.0. The number of hydrogen-bond donors (Lipinski definition) is 3. The zero-order valence-electron chi connectivity index (χ0n) is 17.6. The standard InChI is InChI=1S/C21H30FN7O/c1-23-20(30)15-28-12-8-17(9-13-28)26-21(24-2)25-11-7-18-10-14-29(27-18)19-5-3-16(22)4-6-19/h3-6,10,14,17H,7-9,11-13,15H2,1-2H3,(H,23,30)(H2,24,25,26). The van der Waals surface area contributed by atoms with Crippen molar-refractivity contribution in [2.24, 2.45) is 4.99 Å². The maximum atomic E-state index is 13.1. The molecule has 1 aromatic heterocycles. The van der Waals surface area contributed by atoms with E-state index < -0.39 is 0 Å². The summed E-state index contributed by atoms with van der Waals surface area (Å²) in [6.07, 6.45) is 4.57. The Balaban J connectivity index is 1.40. The largest absolute Gasteiger partial charge is 0.358 e. The third-order valence-electron chi connectivity index (χ3n) is 5.21. The van der Waals surface area contributed by atoms with Crippen LogP contribution in [0.1, 0.15) is 18.5 Å². The van der Waals surface area contributed by atoms with Crippen molar-refractivity contribution in [3.8, 4) is 5.69 Å². The molecule has 1 saturated heterocycles. The van der Waals surface area contributed by atoms with Crippen LogP contribution in [0.25, 0.3) is 5.69 Å². The van der Waals surface area contributed by atoms with E-state index in [1.165, 1.54) is 12.1 Å². The highest BCUT2D eigenvalue weighted by atomic mass is 19.1. The molecule has 0 aliphatic carbocycles. The molecule has 3 rings (SSSR count). The number of carbonyl (C=O) groups excluding carboxylic acids is 1. The number of likely N-dealkylation sites (N-methyl/N-ethyl adjacent to an activating group) is 1. The number of aromatic nitrogens is 2. The molecule has 1 fully saturated rings. The first kappa shape index (κ1) is 21.8. The number of benzene rings is 1. The van der Waals surface area contributed by atoms with Crippen LogP contribution < -0.4 is 16.0 Å². The second-order valence-electron chi connectivity index (χ2n) is 7.34. The lowest BCUT2D eigenvalue weighted by Gasteiger charge is -2.32. The van der Waals surface area contributed by atoms with E-state index >= 15 is 0 Å². The fraction of sp³-hybridized carbons (Fsp3) is 0.476. The molecular formula is C21H30FN7O. The Morgan fingerprint density at radius 3 is 2.63 bits per heavy atom. The van der Waals surface area contributed by atoms with Crippen molar-refractivity contribution in [2.45, 2.75) is 25.3 Å². The minimum absolute atomic E-state index is 0.0563. The normalized spacial score (nSPS) is 15.8. The van der Waals surface area contributed by atoms with Gasteiger partial charge in [-0.15, -0.1) is 0 Å². The molecule has 162 valence electrons. The van der Waals surface area contributed by atoms with E-state index in [-0.39, 0.29) is 11.7 Å². The van der Waals surface area contributed by atoms with Gasteiger partial charge in [-0.1, -0.05) is 0 Å². The summed E-state index contributed by atoms with van der Waals surface area (Å²) < 4.78 is 14.8. The second-order valence-corrected chi connectivity index (χ2v) is 7.34. The molecule has 9 heteroatoms. The summed E-state index contributed by atoms with van der Waals surface area (Å²) in [6.45, 7) is 2.95. The van der Waals surface area contributed by atoms with Gasteiger partial charge in [0.15, 0.2) is 5.96 Å². The van der Waals surface area contributed by atoms with Crippen LogP contribution in [0.3, 0.4) is 0 Å². The number of aliphatic imine (C=N–C) groups is 1. The first-order chi connectivity index (χ1) is 14.6. The zero-order valence-corrected chi connectivity index (χ0v) is 17.6. The molecular weight excluding hydrogens is 385 g/mol. The van der Waals surface area contributed by atoms with Crippen molar-refractivity contribution in [3.05, 3.63) is 48.0 Å². The van der Waals surface area contributed by atoms with Crippen molar-refractivity contribution in [3.63, 3.8) is 0 Å². The maximum absolute atomic E-state index is 13.1. The molecule has 0 saturated carbocycles. The van der Waals surface area contributed by atoms with Gasteiger partial charge in [-0.05, 0) is 43.2 Å². The van der Waals surface area contributed by atoms with E-state index in [1.807, 2.05) is 12.3 Å². The molecule has 0 spiro atoms. The molecule has 0 atom stereocenters. The number of halogens is 1. The number of piperidine rings is 1. The van der Waals surface area contributed by atoms with E-state index in [9.17, 15) is 9.18 Å². The fourth-order valence-electron chi connectivity index (χ4n) is 3.45. The number of rotatable bonds is 7. The van der Waals surface area contributed by atoms with Crippen LogP contribution in [-0.2, 0) is 11.2 Å². The Bertz CT molecular complexity index is 841. The molecule has 2 aromatic rings. The quantitative estimate of drug-likeness (QED) is 0.463. The first-order valence-electron chi connectivity index (χ1n) is 10.3. The smallest absolute Gasteiger partial charge is 0.233 e. The van der Waals surface area contributed by atoms with E-state index in [0.717, 1.165) is 49.7 Å². The van der Waals surface area contributed by atoms with Gasteiger partial charge in [-0.3, -0.25) is 14.7 Å². The molecule has 1 amide bonds. The van der Waals surface area contributed by atoms with Crippen LogP contribution in [0.2, 0.25) is 0 Å². The third kappa shape index (κ3) is 6.28. The van der Waals surface area contributed by atoms with Crippen molar-refractivity contribution < 1.29 is 9.18 Å². The van der Waals surface area contributed by atoms with Crippen LogP contribution in [0, 0.1) is 5.82 Å². The zero-order chi connectivity index (χ0) is 21.3. The number of nitrogens with one attached hydrogen (secondary N) is 3. The van der Waals surface area contributed by atoms with Gasteiger partial charge in [-0.2, -0.15) is 5.10 Å². The Kier molecular flexibility index (Phi) is 7.78. The topological polar surface area (TPSA) is 86.6 Å². The number of carbonyl (C=O) groups is 1. The summed E-state index contributed by atoms with van der Waals surface area (Å²) in [5.74, 6) is 0.574. The van der Waals surface area contributed by atoms with Crippen molar-refractivity contribution in [1.82, 2.24) is 30.6 Å². The highest BCUT2D eigenvalue weighted by Crippen LogP contribution is 2.10. The van der Waals surface area contributed by atoms with Crippen LogP contribution in [0.5, 0.6) is 0 Å². The summed E-state index contributed by atoms with van der Waals surface area (Å²) >= 11 is 0. The van der Waals surface area contributed by atoms with E-state index in [4.69, 9.17) is 0 Å². The average Bonchev–Trinajstić information content (AvgIpc) is 3.23. The number of hydrogen-bond acceptors (Lipinski definition) is 4. The van der Waals surface area contributed by atoms with Gasteiger partial charge in [0.25, 0.3) is 0 Å². The van der Waals surface area contributed by atoms with Crippen LogP contribution in [-0.4, -0.2) is 72.9 Å². The van der Waals surface area contributed by atoms with Gasteiger partial charge in [0.05, 0.1) is 17.9 Å². The molecule has 3 N–H and O–H groups in total. The summed E-state index contributed by atoms with van der Waals surface area (Å²) in [5, 5.41) is 14.0.